The zero-order valence-electron chi connectivity index (χ0n) is 13.3. The molecular weight excluding hydrogens is 284 g/mol. The molecule has 0 aliphatic heterocycles. The molecule has 0 spiro atoms. The minimum atomic E-state index is -0.482. The van der Waals surface area contributed by atoms with Crippen molar-refractivity contribution in [1.29, 1.82) is 0 Å². The molecule has 0 bridgehead atoms. The Kier molecular flexibility index (Phi) is 7.99. The Balaban J connectivity index is 2.20. The molecule has 0 aliphatic carbocycles. The summed E-state index contributed by atoms with van der Waals surface area (Å²) in [6, 6.07) is 9.07. The molecule has 0 radical (unpaired) electrons. The molecule has 0 heterocycles. The minimum absolute atomic E-state index is 0.109. The predicted molar refractivity (Wildman–Crippen MR) is 83.3 cm³/mol. The third-order valence-corrected chi connectivity index (χ3v) is 3.09. The van der Waals surface area contributed by atoms with E-state index in [9.17, 15) is 9.59 Å². The maximum Gasteiger partial charge on any atom is 0.407 e. The van der Waals surface area contributed by atoms with Crippen LogP contribution < -0.4 is 10.6 Å². The van der Waals surface area contributed by atoms with E-state index in [4.69, 9.17) is 9.47 Å². The van der Waals surface area contributed by atoms with Gasteiger partial charge < -0.3 is 20.1 Å². The molecular formula is C16H24N2O4. The second kappa shape index (κ2) is 9.78. The fourth-order valence-corrected chi connectivity index (χ4v) is 1.88. The van der Waals surface area contributed by atoms with Gasteiger partial charge in [-0.3, -0.25) is 4.79 Å². The van der Waals surface area contributed by atoms with Crippen molar-refractivity contribution in [3.63, 3.8) is 0 Å². The van der Waals surface area contributed by atoms with Gasteiger partial charge >= 0.3 is 12.1 Å². The lowest BCUT2D eigenvalue weighted by molar-refractivity contribution is -0.144. The number of methoxy groups -OCH3 is 1. The number of benzene rings is 1. The van der Waals surface area contributed by atoms with Crippen LogP contribution in [0, 0.1) is 5.92 Å². The van der Waals surface area contributed by atoms with E-state index in [2.05, 4.69) is 10.6 Å². The van der Waals surface area contributed by atoms with Crippen molar-refractivity contribution in [1.82, 2.24) is 10.6 Å². The predicted octanol–water partition coefficient (Wildman–Crippen LogP) is 1.70. The highest BCUT2D eigenvalue weighted by Gasteiger charge is 2.21. The fraction of sp³-hybridized carbons (Fsp3) is 0.500. The zero-order chi connectivity index (χ0) is 16.4. The Labute approximate surface area is 131 Å². The lowest BCUT2D eigenvalue weighted by Crippen LogP contribution is -2.45. The van der Waals surface area contributed by atoms with E-state index in [1.165, 1.54) is 7.11 Å². The number of alkyl carbamates (subject to hydrolysis) is 1. The number of rotatable bonds is 8. The molecule has 1 rings (SSSR count). The van der Waals surface area contributed by atoms with E-state index in [-0.39, 0.29) is 24.5 Å². The van der Waals surface area contributed by atoms with Crippen LogP contribution in [0.15, 0.2) is 30.3 Å². The molecule has 122 valence electrons. The van der Waals surface area contributed by atoms with Gasteiger partial charge in [-0.25, -0.2) is 4.79 Å². The summed E-state index contributed by atoms with van der Waals surface area (Å²) in [6.07, 6.45) is -0.482. The first-order valence-corrected chi connectivity index (χ1v) is 7.30. The van der Waals surface area contributed by atoms with Crippen molar-refractivity contribution >= 4 is 12.1 Å². The van der Waals surface area contributed by atoms with Gasteiger partial charge in [-0.05, 0) is 11.5 Å². The standard InChI is InChI=1S/C16H24N2O4/c1-12(2)14(15(19)21-3)17-9-10-18-16(20)22-11-13-7-5-4-6-8-13/h4-8,12,14,17H,9-11H2,1-3H3,(H,18,20)/t14-/m0/s1. The van der Waals surface area contributed by atoms with Crippen LogP contribution in [-0.4, -0.2) is 38.3 Å². The highest BCUT2D eigenvalue weighted by atomic mass is 16.5. The van der Waals surface area contributed by atoms with E-state index >= 15 is 0 Å². The molecule has 6 nitrogen and oxygen atoms in total. The number of carbonyl (C=O) groups excluding carboxylic acids is 2. The summed E-state index contributed by atoms with van der Waals surface area (Å²) in [4.78, 5) is 23.1. The second-order valence-corrected chi connectivity index (χ2v) is 5.19. The van der Waals surface area contributed by atoms with Gasteiger partial charge in [-0.2, -0.15) is 0 Å². The van der Waals surface area contributed by atoms with Crippen LogP contribution in [0.2, 0.25) is 0 Å². The average Bonchev–Trinajstić information content (AvgIpc) is 2.52. The molecule has 0 fully saturated rings. The van der Waals surface area contributed by atoms with Crippen LogP contribution in [0.3, 0.4) is 0 Å². The normalized spacial score (nSPS) is 11.8. The molecule has 0 saturated carbocycles. The van der Waals surface area contributed by atoms with Gasteiger partial charge in [0.1, 0.15) is 12.6 Å². The third-order valence-electron chi connectivity index (χ3n) is 3.09. The van der Waals surface area contributed by atoms with Gasteiger partial charge in [0.25, 0.3) is 0 Å². The molecule has 0 aliphatic rings. The number of nitrogens with one attached hydrogen (secondary N) is 2. The molecule has 1 aromatic carbocycles. The minimum Gasteiger partial charge on any atom is -0.468 e. The Morgan fingerprint density at radius 3 is 2.41 bits per heavy atom. The van der Waals surface area contributed by atoms with Gasteiger partial charge in [0.15, 0.2) is 0 Å². The van der Waals surface area contributed by atoms with Gasteiger partial charge in [0.2, 0.25) is 0 Å². The zero-order valence-corrected chi connectivity index (χ0v) is 13.3. The maximum absolute atomic E-state index is 11.5. The van der Waals surface area contributed by atoms with Crippen molar-refractivity contribution in [2.75, 3.05) is 20.2 Å². The van der Waals surface area contributed by atoms with Crippen LogP contribution in [0.25, 0.3) is 0 Å². The van der Waals surface area contributed by atoms with E-state index < -0.39 is 6.09 Å². The second-order valence-electron chi connectivity index (χ2n) is 5.19. The monoisotopic (exact) mass is 308 g/mol. The third kappa shape index (κ3) is 6.58. The van der Waals surface area contributed by atoms with Crippen LogP contribution >= 0.6 is 0 Å². The number of hydrogen-bond acceptors (Lipinski definition) is 5. The number of amides is 1. The van der Waals surface area contributed by atoms with Crippen LogP contribution in [0.4, 0.5) is 4.79 Å². The molecule has 1 amide bonds. The van der Waals surface area contributed by atoms with Crippen molar-refractivity contribution in [2.45, 2.75) is 26.5 Å². The quantitative estimate of drug-likeness (QED) is 0.564. The topological polar surface area (TPSA) is 76.7 Å². The smallest absolute Gasteiger partial charge is 0.407 e. The lowest BCUT2D eigenvalue weighted by atomic mass is 10.1. The molecule has 1 aromatic rings. The first-order valence-electron chi connectivity index (χ1n) is 7.30. The summed E-state index contributed by atoms with van der Waals surface area (Å²) in [5.41, 5.74) is 0.932. The maximum atomic E-state index is 11.5. The summed E-state index contributed by atoms with van der Waals surface area (Å²) in [7, 11) is 1.36. The van der Waals surface area contributed by atoms with E-state index in [0.717, 1.165) is 5.56 Å². The highest BCUT2D eigenvalue weighted by molar-refractivity contribution is 5.75. The summed E-state index contributed by atoms with van der Waals surface area (Å²) < 4.78 is 9.81. The van der Waals surface area contributed by atoms with E-state index in [1.807, 2.05) is 44.2 Å². The van der Waals surface area contributed by atoms with Crippen LogP contribution in [-0.2, 0) is 20.9 Å². The summed E-state index contributed by atoms with van der Waals surface area (Å²) in [5, 5.41) is 5.68. The molecule has 1 atom stereocenters. The fourth-order valence-electron chi connectivity index (χ4n) is 1.88. The highest BCUT2D eigenvalue weighted by Crippen LogP contribution is 2.03. The van der Waals surface area contributed by atoms with Gasteiger partial charge in [0.05, 0.1) is 7.11 Å². The van der Waals surface area contributed by atoms with Crippen molar-refractivity contribution < 1.29 is 19.1 Å². The summed E-state index contributed by atoms with van der Waals surface area (Å²) >= 11 is 0. The first kappa shape index (κ1) is 18.0. The molecule has 0 aromatic heterocycles. The molecule has 2 N–H and O–H groups in total. The van der Waals surface area contributed by atoms with Crippen molar-refractivity contribution in [2.24, 2.45) is 5.92 Å². The Hall–Kier alpha value is -2.08. The largest absolute Gasteiger partial charge is 0.468 e. The van der Waals surface area contributed by atoms with Crippen molar-refractivity contribution in [3.8, 4) is 0 Å². The number of carbonyl (C=O) groups is 2. The number of ether oxygens (including phenoxy) is 2. The Bertz CT molecular complexity index is 462. The number of hydrogen-bond donors (Lipinski definition) is 2. The SMILES string of the molecule is COC(=O)[C@@H](NCCNC(=O)OCc1ccccc1)C(C)C. The van der Waals surface area contributed by atoms with Gasteiger partial charge in [-0.15, -0.1) is 0 Å². The van der Waals surface area contributed by atoms with E-state index in [1.54, 1.807) is 0 Å². The summed E-state index contributed by atoms with van der Waals surface area (Å²) in [5.74, 6) is -0.195. The number of esters is 1. The Morgan fingerprint density at radius 2 is 1.82 bits per heavy atom. The van der Waals surface area contributed by atoms with E-state index in [0.29, 0.717) is 13.1 Å². The molecule has 0 unspecified atom stereocenters. The van der Waals surface area contributed by atoms with Gasteiger partial charge in [-0.1, -0.05) is 44.2 Å². The Morgan fingerprint density at radius 1 is 1.14 bits per heavy atom. The first-order chi connectivity index (χ1) is 10.5. The van der Waals surface area contributed by atoms with Crippen LogP contribution in [0.5, 0.6) is 0 Å². The molecule has 6 heteroatoms. The molecule has 0 saturated heterocycles. The summed E-state index contributed by atoms with van der Waals surface area (Å²) in [6.45, 7) is 4.91. The molecule has 22 heavy (non-hydrogen) atoms. The lowest BCUT2D eigenvalue weighted by Gasteiger charge is -2.19. The van der Waals surface area contributed by atoms with Gasteiger partial charge in [0, 0.05) is 13.1 Å². The van der Waals surface area contributed by atoms with Crippen molar-refractivity contribution in [3.05, 3.63) is 35.9 Å². The van der Waals surface area contributed by atoms with Crippen LogP contribution in [0.1, 0.15) is 19.4 Å². The average molecular weight is 308 g/mol.